The smallest absolute Gasteiger partial charge is 0.344 e. The predicted octanol–water partition coefficient (Wildman–Crippen LogP) is 13.2. The molecular weight excluding hydrogens is 721 g/mol. The third-order valence-corrected chi connectivity index (χ3v) is 11.5. The number of para-hydroxylation sites is 2. The van der Waals surface area contributed by atoms with Crippen molar-refractivity contribution in [1.29, 1.82) is 0 Å². The van der Waals surface area contributed by atoms with Crippen LogP contribution in [0.5, 0.6) is 0 Å². The van der Waals surface area contributed by atoms with Gasteiger partial charge in [0.05, 0.1) is 22.2 Å². The molecule has 0 unspecified atom stereocenters. The summed E-state index contributed by atoms with van der Waals surface area (Å²) in [6, 6.07) is 28.2. The minimum absolute atomic E-state index is 0.586. The van der Waals surface area contributed by atoms with Crippen LogP contribution in [0.2, 0.25) is 0 Å². The second-order valence-electron chi connectivity index (χ2n) is 15.5. The fourth-order valence-corrected chi connectivity index (χ4v) is 8.63. The maximum absolute atomic E-state index is 13.8. The Morgan fingerprint density at radius 3 is 1.80 bits per heavy atom. The molecule has 0 spiro atoms. The van der Waals surface area contributed by atoms with Crippen molar-refractivity contribution >= 4 is 28.5 Å². The van der Waals surface area contributed by atoms with Crippen LogP contribution in [0.15, 0.2) is 144 Å². The highest BCUT2D eigenvalue weighted by Crippen LogP contribution is 2.50. The zero-order chi connectivity index (χ0) is 40.2. The highest BCUT2D eigenvalue weighted by atomic mass is 19.4. The molecule has 2 heterocycles. The Morgan fingerprint density at radius 2 is 1.25 bits per heavy atom. The van der Waals surface area contributed by atoms with Crippen LogP contribution in [0.25, 0.3) is 0 Å². The van der Waals surface area contributed by atoms with E-state index in [1.807, 2.05) is 77.9 Å². The van der Waals surface area contributed by atoms with E-state index in [9.17, 15) is 26.3 Å². The quantitative estimate of drug-likeness (QED) is 0.130. The molecule has 0 aromatic heterocycles. The van der Waals surface area contributed by atoms with E-state index >= 15 is 0 Å². The van der Waals surface area contributed by atoms with Gasteiger partial charge in [0, 0.05) is 52.4 Å². The van der Waals surface area contributed by atoms with Crippen molar-refractivity contribution in [2.75, 3.05) is 22.9 Å². The van der Waals surface area contributed by atoms with Crippen LogP contribution in [0.1, 0.15) is 76.6 Å². The van der Waals surface area contributed by atoms with Crippen LogP contribution < -0.4 is 9.80 Å². The summed E-state index contributed by atoms with van der Waals surface area (Å²) >= 11 is 0. The first-order chi connectivity index (χ1) is 26.5. The minimum Gasteiger partial charge on any atom is -0.344 e. The van der Waals surface area contributed by atoms with Crippen LogP contribution in [-0.2, 0) is 23.2 Å². The molecule has 4 aromatic rings. The lowest BCUT2D eigenvalue weighted by molar-refractivity contribution is -0.433. The molecule has 4 aromatic carbocycles. The topological polar surface area (TPSA) is 9.49 Å². The molecule has 2 aliphatic heterocycles. The third kappa shape index (κ3) is 6.79. The average molecular weight is 767 g/mol. The summed E-state index contributed by atoms with van der Waals surface area (Å²) in [6.07, 6.45) is 0.880. The van der Waals surface area contributed by atoms with Crippen LogP contribution in [0.3, 0.4) is 0 Å². The summed E-state index contributed by atoms with van der Waals surface area (Å²) < 4.78 is 85.2. The summed E-state index contributed by atoms with van der Waals surface area (Å²) in [5.74, 6) is 0. The van der Waals surface area contributed by atoms with Gasteiger partial charge in [-0.3, -0.25) is 0 Å². The van der Waals surface area contributed by atoms with Crippen molar-refractivity contribution in [2.24, 2.45) is 0 Å². The molecule has 0 N–H and O–H groups in total. The Hall–Kier alpha value is -5.31. The zero-order valence-corrected chi connectivity index (χ0v) is 32.5. The Balaban J connectivity index is 1.38. The molecule has 0 atom stereocenters. The Kier molecular flexibility index (Phi) is 9.96. The van der Waals surface area contributed by atoms with Gasteiger partial charge in [-0.05, 0) is 118 Å². The second-order valence-corrected chi connectivity index (χ2v) is 15.5. The first-order valence-electron chi connectivity index (χ1n) is 19.1. The van der Waals surface area contributed by atoms with E-state index in [1.54, 1.807) is 12.1 Å². The number of halogens is 6. The van der Waals surface area contributed by atoms with E-state index in [4.69, 9.17) is 0 Å². The van der Waals surface area contributed by atoms with Crippen LogP contribution in [-0.4, -0.2) is 23.4 Å². The SMILES string of the molecule is CCN1/C(=C/C=C2\CCC(C=CC3=[N+](CC)c4ccc(C(F)(F)F)cc4C3(C)C)=C2N(c2ccccc2)c2ccccc2)C(C)(C)c2cc(C(F)(F)F)ccc21. The van der Waals surface area contributed by atoms with Crippen molar-refractivity contribution in [3.8, 4) is 0 Å². The van der Waals surface area contributed by atoms with Crippen molar-refractivity contribution in [2.45, 2.75) is 77.6 Å². The normalized spacial score (nSPS) is 19.2. The number of fused-ring (bicyclic) bond motifs is 2. The van der Waals surface area contributed by atoms with E-state index in [1.165, 1.54) is 12.1 Å². The first kappa shape index (κ1) is 38.9. The summed E-state index contributed by atoms with van der Waals surface area (Å²) in [5, 5.41) is 0. The molecule has 9 heteroatoms. The van der Waals surface area contributed by atoms with E-state index in [0.717, 1.165) is 63.1 Å². The Bertz CT molecular complexity index is 2270. The van der Waals surface area contributed by atoms with Crippen molar-refractivity contribution in [1.82, 2.24) is 0 Å². The lowest BCUT2D eigenvalue weighted by atomic mass is 9.80. The molecule has 0 bridgehead atoms. The number of alkyl halides is 6. The van der Waals surface area contributed by atoms with Gasteiger partial charge in [0.15, 0.2) is 5.71 Å². The van der Waals surface area contributed by atoms with Gasteiger partial charge in [-0.1, -0.05) is 62.4 Å². The van der Waals surface area contributed by atoms with E-state index in [-0.39, 0.29) is 0 Å². The standard InChI is InChI=1S/C47H46F6N3/c1-7-54-39-25-23-33(46(48,49)50)29-37(39)44(3,4)41(54)27-21-31-19-20-32(43(31)56(35-15-11-9-12-16-35)36-17-13-10-14-18-36)22-28-42-45(5,6)38-30-34(47(51,52)53)24-26-40(38)55(42)8-2/h9-18,21-30H,7-8,19-20H2,1-6H3/q+1. The molecule has 3 aliphatic rings. The Labute approximate surface area is 325 Å². The molecule has 56 heavy (non-hydrogen) atoms. The zero-order valence-electron chi connectivity index (χ0n) is 32.5. The predicted molar refractivity (Wildman–Crippen MR) is 214 cm³/mol. The minimum atomic E-state index is -4.45. The fourth-order valence-electron chi connectivity index (χ4n) is 8.63. The van der Waals surface area contributed by atoms with E-state index < -0.39 is 34.3 Å². The molecule has 0 amide bonds. The number of likely N-dealkylation sites (N-methyl/N-ethyl adjacent to an activating group) is 1. The molecule has 7 rings (SSSR count). The average Bonchev–Trinajstić information content (AvgIpc) is 3.73. The van der Waals surface area contributed by atoms with E-state index in [0.29, 0.717) is 37.1 Å². The lowest BCUT2D eigenvalue weighted by Crippen LogP contribution is -2.28. The van der Waals surface area contributed by atoms with Gasteiger partial charge in [-0.2, -0.15) is 30.9 Å². The second kappa shape index (κ2) is 14.3. The van der Waals surface area contributed by atoms with Gasteiger partial charge in [0.1, 0.15) is 6.54 Å². The monoisotopic (exact) mass is 766 g/mol. The van der Waals surface area contributed by atoms with Crippen LogP contribution in [0, 0.1) is 0 Å². The fraction of sp³-hybridized carbons (Fsp3) is 0.298. The van der Waals surface area contributed by atoms with Gasteiger partial charge in [0.2, 0.25) is 5.69 Å². The van der Waals surface area contributed by atoms with Crippen molar-refractivity contribution in [3.63, 3.8) is 0 Å². The molecule has 0 fully saturated rings. The molecule has 0 saturated carbocycles. The number of rotatable bonds is 8. The number of allylic oxidation sites excluding steroid dienone is 7. The van der Waals surface area contributed by atoms with Gasteiger partial charge >= 0.3 is 12.4 Å². The largest absolute Gasteiger partial charge is 0.416 e. The highest BCUT2D eigenvalue weighted by Gasteiger charge is 2.46. The summed E-state index contributed by atoms with van der Waals surface area (Å²) in [5.41, 5.74) is 6.97. The van der Waals surface area contributed by atoms with Crippen LogP contribution >= 0.6 is 0 Å². The third-order valence-electron chi connectivity index (χ3n) is 11.5. The first-order valence-corrected chi connectivity index (χ1v) is 19.1. The molecule has 0 radical (unpaired) electrons. The molecule has 290 valence electrons. The van der Waals surface area contributed by atoms with Gasteiger partial charge in [0.25, 0.3) is 0 Å². The van der Waals surface area contributed by atoms with Gasteiger partial charge < -0.3 is 9.80 Å². The number of hydrogen-bond donors (Lipinski definition) is 0. The lowest BCUT2D eigenvalue weighted by Gasteiger charge is -2.29. The molecule has 3 nitrogen and oxygen atoms in total. The molecular formula is C47H46F6N3+. The van der Waals surface area contributed by atoms with Crippen LogP contribution in [0.4, 0.5) is 49.1 Å². The maximum atomic E-state index is 13.8. The van der Waals surface area contributed by atoms with Crippen molar-refractivity contribution in [3.05, 3.63) is 166 Å². The van der Waals surface area contributed by atoms with Gasteiger partial charge in [-0.15, -0.1) is 0 Å². The number of benzene rings is 4. The maximum Gasteiger partial charge on any atom is 0.416 e. The van der Waals surface area contributed by atoms with Gasteiger partial charge in [-0.25, -0.2) is 0 Å². The number of anilines is 3. The number of hydrogen-bond acceptors (Lipinski definition) is 2. The molecule has 0 saturated heterocycles. The Morgan fingerprint density at radius 1 is 0.679 bits per heavy atom. The summed E-state index contributed by atoms with van der Waals surface area (Å²) in [6.45, 7) is 13.1. The molecule has 1 aliphatic carbocycles. The highest BCUT2D eigenvalue weighted by molar-refractivity contribution is 6.03. The van der Waals surface area contributed by atoms with Crippen molar-refractivity contribution < 1.29 is 30.9 Å². The summed E-state index contributed by atoms with van der Waals surface area (Å²) in [4.78, 5) is 4.34. The number of nitrogens with zero attached hydrogens (tertiary/aromatic N) is 3. The van der Waals surface area contributed by atoms with E-state index in [2.05, 4.69) is 62.9 Å². The summed E-state index contributed by atoms with van der Waals surface area (Å²) in [7, 11) is 0.